The van der Waals surface area contributed by atoms with Crippen molar-refractivity contribution >= 4 is 6.09 Å². The minimum absolute atomic E-state index is 0.110. The van der Waals surface area contributed by atoms with Gasteiger partial charge in [0.2, 0.25) is 0 Å². The zero-order valence-corrected chi connectivity index (χ0v) is 16.6. The molecule has 1 amide bonds. The van der Waals surface area contributed by atoms with E-state index in [0.29, 0.717) is 13.1 Å². The number of nitrogens with zero attached hydrogens (tertiary/aromatic N) is 3. The van der Waals surface area contributed by atoms with Crippen LogP contribution in [-0.4, -0.2) is 50.4 Å². The molecule has 3 atom stereocenters. The molecule has 0 bridgehead atoms. The van der Waals surface area contributed by atoms with E-state index in [0.717, 1.165) is 18.5 Å². The number of benzene rings is 1. The van der Waals surface area contributed by atoms with Crippen molar-refractivity contribution in [3.05, 3.63) is 42.4 Å². The molecule has 1 saturated heterocycles. The van der Waals surface area contributed by atoms with Crippen LogP contribution in [0.4, 0.5) is 4.79 Å². The van der Waals surface area contributed by atoms with Crippen LogP contribution in [0.5, 0.6) is 0 Å². The highest BCUT2D eigenvalue weighted by molar-refractivity contribution is 5.70. The maximum absolute atomic E-state index is 12.3. The largest absolute Gasteiger partial charge is 0.444 e. The van der Waals surface area contributed by atoms with E-state index < -0.39 is 11.7 Å². The highest BCUT2D eigenvalue weighted by Gasteiger charge is 2.59. The predicted octanol–water partition coefficient (Wildman–Crippen LogP) is 3.46. The van der Waals surface area contributed by atoms with Crippen molar-refractivity contribution in [2.75, 3.05) is 13.1 Å². The van der Waals surface area contributed by atoms with Crippen LogP contribution < -0.4 is 0 Å². The van der Waals surface area contributed by atoms with E-state index in [1.807, 2.05) is 33.3 Å². The predicted molar refractivity (Wildman–Crippen MR) is 105 cm³/mol. The third-order valence-corrected chi connectivity index (χ3v) is 6.60. The molecule has 0 unspecified atom stereocenters. The zero-order valence-electron chi connectivity index (χ0n) is 16.6. The molecule has 1 aromatic carbocycles. The number of aliphatic hydroxyl groups excluding tert-OH is 1. The lowest BCUT2D eigenvalue weighted by atomic mass is 9.74. The molecule has 148 valence electrons. The first kappa shape index (κ1) is 17.7. The van der Waals surface area contributed by atoms with Gasteiger partial charge < -0.3 is 19.3 Å². The number of carbonyl (C=O) groups excluding carboxylic acids is 1. The summed E-state index contributed by atoms with van der Waals surface area (Å²) in [5.41, 5.74) is 2.89. The molecule has 1 aliphatic carbocycles. The number of amides is 1. The summed E-state index contributed by atoms with van der Waals surface area (Å²) in [6.07, 6.45) is 4.94. The summed E-state index contributed by atoms with van der Waals surface area (Å²) in [7, 11) is 0. The summed E-state index contributed by atoms with van der Waals surface area (Å²) in [6, 6.07) is 8.52. The molecule has 6 heteroatoms. The maximum atomic E-state index is 12.3. The van der Waals surface area contributed by atoms with Gasteiger partial charge in [0.05, 0.1) is 30.4 Å². The van der Waals surface area contributed by atoms with Crippen LogP contribution in [0.15, 0.2) is 36.8 Å². The Morgan fingerprint density at radius 3 is 2.79 bits per heavy atom. The van der Waals surface area contributed by atoms with Crippen LogP contribution in [0.1, 0.15) is 45.2 Å². The zero-order chi connectivity index (χ0) is 19.7. The summed E-state index contributed by atoms with van der Waals surface area (Å²) in [6.45, 7) is 6.78. The third kappa shape index (κ3) is 2.50. The Labute approximate surface area is 165 Å². The molecular formula is C22H27N3O3. The molecule has 1 aromatic heterocycles. The topological polar surface area (TPSA) is 67.6 Å². The number of fused-ring (bicyclic) bond motifs is 3. The third-order valence-electron chi connectivity index (χ3n) is 6.60. The van der Waals surface area contributed by atoms with Crippen molar-refractivity contribution in [2.24, 2.45) is 11.3 Å². The SMILES string of the molecule is CC(C)(C)OC(=O)N1CC2(CC[C@H]([C@H]3c4ccccc4-c4cncn43)[C@H]2O)C1. The van der Waals surface area contributed by atoms with Gasteiger partial charge in [-0.05, 0) is 39.2 Å². The Hall–Kier alpha value is -2.34. The second-order valence-corrected chi connectivity index (χ2v) is 9.56. The summed E-state index contributed by atoms with van der Waals surface area (Å²) in [5.74, 6) is 0.123. The van der Waals surface area contributed by atoms with Gasteiger partial charge in [-0.25, -0.2) is 9.78 Å². The van der Waals surface area contributed by atoms with Gasteiger partial charge in [-0.2, -0.15) is 0 Å². The first-order valence-electron chi connectivity index (χ1n) is 10.1. The van der Waals surface area contributed by atoms with Crippen LogP contribution in [0.25, 0.3) is 11.3 Å². The molecule has 2 aliphatic heterocycles. The number of imidazole rings is 1. The molecule has 3 aliphatic rings. The lowest BCUT2D eigenvalue weighted by Gasteiger charge is -2.50. The second-order valence-electron chi connectivity index (χ2n) is 9.56. The van der Waals surface area contributed by atoms with Gasteiger partial charge in [0, 0.05) is 30.0 Å². The molecule has 1 saturated carbocycles. The average Bonchev–Trinajstić information content (AvgIpc) is 3.25. The van der Waals surface area contributed by atoms with E-state index in [-0.39, 0.29) is 23.5 Å². The molecule has 3 heterocycles. The Kier molecular flexibility index (Phi) is 3.69. The Morgan fingerprint density at radius 2 is 2.04 bits per heavy atom. The van der Waals surface area contributed by atoms with Crippen molar-refractivity contribution in [1.29, 1.82) is 0 Å². The van der Waals surface area contributed by atoms with Gasteiger partial charge in [0.15, 0.2) is 0 Å². The fraction of sp³-hybridized carbons (Fsp3) is 0.545. The average molecular weight is 381 g/mol. The number of ether oxygens (including phenoxy) is 1. The summed E-state index contributed by atoms with van der Waals surface area (Å²) in [4.78, 5) is 18.4. The van der Waals surface area contributed by atoms with Gasteiger partial charge in [-0.3, -0.25) is 0 Å². The quantitative estimate of drug-likeness (QED) is 0.821. The molecule has 28 heavy (non-hydrogen) atoms. The smallest absolute Gasteiger partial charge is 0.410 e. The van der Waals surface area contributed by atoms with E-state index in [9.17, 15) is 9.90 Å². The lowest BCUT2D eigenvalue weighted by molar-refractivity contribution is -0.0900. The van der Waals surface area contributed by atoms with Crippen molar-refractivity contribution in [3.8, 4) is 11.3 Å². The number of carbonyl (C=O) groups is 1. The molecular weight excluding hydrogens is 354 g/mol. The number of hydrogen-bond donors (Lipinski definition) is 1. The van der Waals surface area contributed by atoms with E-state index in [1.165, 1.54) is 11.1 Å². The molecule has 1 spiro atoms. The molecule has 5 rings (SSSR count). The normalized spacial score (nSPS) is 27.4. The van der Waals surface area contributed by atoms with Crippen LogP contribution in [-0.2, 0) is 4.74 Å². The first-order valence-corrected chi connectivity index (χ1v) is 10.1. The fourth-order valence-electron chi connectivity index (χ4n) is 5.37. The molecule has 1 N–H and O–H groups in total. The standard InChI is InChI=1S/C22H27N3O3/c1-21(2,3)28-20(27)24-11-22(12-24)9-8-16(19(22)26)18-15-7-5-4-6-14(15)17-10-23-13-25(17)18/h4-7,10,13,16,18-19,26H,8-9,11-12H2,1-3H3/t16-,18-,19-/m1/s1. The highest BCUT2D eigenvalue weighted by atomic mass is 16.6. The Balaban J connectivity index is 1.36. The van der Waals surface area contributed by atoms with Crippen LogP contribution in [0.3, 0.4) is 0 Å². The minimum Gasteiger partial charge on any atom is -0.444 e. The van der Waals surface area contributed by atoms with Gasteiger partial charge in [0.25, 0.3) is 0 Å². The number of aliphatic hydroxyl groups is 1. The number of hydrogen-bond acceptors (Lipinski definition) is 4. The van der Waals surface area contributed by atoms with E-state index in [1.54, 1.807) is 4.90 Å². The van der Waals surface area contributed by atoms with E-state index >= 15 is 0 Å². The lowest BCUT2D eigenvalue weighted by Crippen LogP contribution is -2.63. The maximum Gasteiger partial charge on any atom is 0.410 e. The van der Waals surface area contributed by atoms with Gasteiger partial charge in [-0.1, -0.05) is 24.3 Å². The van der Waals surface area contributed by atoms with Crippen molar-refractivity contribution in [3.63, 3.8) is 0 Å². The molecule has 0 radical (unpaired) electrons. The Bertz CT molecular complexity index is 923. The van der Waals surface area contributed by atoms with Crippen molar-refractivity contribution in [2.45, 2.75) is 51.4 Å². The molecule has 2 fully saturated rings. The first-order chi connectivity index (χ1) is 13.3. The summed E-state index contributed by atoms with van der Waals surface area (Å²) in [5, 5.41) is 11.3. The summed E-state index contributed by atoms with van der Waals surface area (Å²) >= 11 is 0. The highest BCUT2D eigenvalue weighted by Crippen LogP contribution is 2.55. The van der Waals surface area contributed by atoms with Gasteiger partial charge >= 0.3 is 6.09 Å². The van der Waals surface area contributed by atoms with Gasteiger partial charge in [-0.15, -0.1) is 0 Å². The number of likely N-dealkylation sites (tertiary alicyclic amines) is 1. The number of rotatable bonds is 1. The van der Waals surface area contributed by atoms with Crippen LogP contribution in [0.2, 0.25) is 0 Å². The summed E-state index contributed by atoms with van der Waals surface area (Å²) < 4.78 is 7.69. The van der Waals surface area contributed by atoms with Crippen molar-refractivity contribution in [1.82, 2.24) is 14.5 Å². The van der Waals surface area contributed by atoms with E-state index in [4.69, 9.17) is 4.74 Å². The molecule has 2 aromatic rings. The van der Waals surface area contributed by atoms with E-state index in [2.05, 4.69) is 33.8 Å². The van der Waals surface area contributed by atoms with Crippen molar-refractivity contribution < 1.29 is 14.6 Å². The van der Waals surface area contributed by atoms with Gasteiger partial charge in [0.1, 0.15) is 5.60 Å². The monoisotopic (exact) mass is 381 g/mol. The molecule has 6 nitrogen and oxygen atoms in total. The Morgan fingerprint density at radius 1 is 1.29 bits per heavy atom. The second kappa shape index (κ2) is 5.83. The minimum atomic E-state index is -0.498. The van der Waals surface area contributed by atoms with Crippen LogP contribution >= 0.6 is 0 Å². The number of aromatic nitrogens is 2. The fourth-order valence-corrected chi connectivity index (χ4v) is 5.37. The van der Waals surface area contributed by atoms with Crippen LogP contribution in [0, 0.1) is 11.3 Å².